The second-order valence-electron chi connectivity index (χ2n) is 16.8. The van der Waals surface area contributed by atoms with E-state index in [9.17, 15) is 0 Å². The van der Waals surface area contributed by atoms with Crippen LogP contribution in [0.15, 0.2) is 180 Å². The highest BCUT2D eigenvalue weighted by atomic mass is 16.3. The minimum atomic E-state index is -0.188. The zero-order valence-corrected chi connectivity index (χ0v) is 34.9. The number of para-hydroxylation sites is 2. The number of hydrogen-bond donors (Lipinski definition) is 0. The van der Waals surface area contributed by atoms with E-state index >= 15 is 0 Å². The molecule has 294 valence electrons. The second-order valence-corrected chi connectivity index (χ2v) is 16.8. The van der Waals surface area contributed by atoms with Gasteiger partial charge in [0.2, 0.25) is 0 Å². The zero-order valence-electron chi connectivity index (χ0n) is 34.9. The van der Waals surface area contributed by atoms with Crippen LogP contribution in [-0.2, 0) is 6.42 Å². The van der Waals surface area contributed by atoms with Gasteiger partial charge in [0.1, 0.15) is 11.3 Å². The third kappa shape index (κ3) is 6.80. The van der Waals surface area contributed by atoms with Crippen LogP contribution in [0.1, 0.15) is 91.5 Å². The lowest BCUT2D eigenvalue weighted by Gasteiger charge is -2.37. The third-order valence-electron chi connectivity index (χ3n) is 12.9. The molecule has 2 atom stereocenters. The summed E-state index contributed by atoms with van der Waals surface area (Å²) in [5.41, 5.74) is 18.4. The van der Waals surface area contributed by atoms with Gasteiger partial charge in [-0.15, -0.1) is 0 Å². The van der Waals surface area contributed by atoms with E-state index in [1.54, 1.807) is 0 Å². The highest BCUT2D eigenvalue weighted by molar-refractivity contribution is 5.94. The molecule has 2 unspecified atom stereocenters. The molecule has 5 aromatic carbocycles. The minimum absolute atomic E-state index is 0.188. The summed E-state index contributed by atoms with van der Waals surface area (Å²) < 4.78 is 6.32. The smallest absolute Gasteiger partial charge is 0.135 e. The highest BCUT2D eigenvalue weighted by Crippen LogP contribution is 2.53. The predicted molar refractivity (Wildman–Crippen MR) is 257 cm³/mol. The van der Waals surface area contributed by atoms with E-state index in [1.807, 2.05) is 0 Å². The van der Waals surface area contributed by atoms with Crippen molar-refractivity contribution >= 4 is 56.9 Å². The maximum atomic E-state index is 6.32. The minimum Gasteiger partial charge on any atom is -0.456 e. The summed E-state index contributed by atoms with van der Waals surface area (Å²) in [6.07, 6.45) is 35.0. The highest BCUT2D eigenvalue weighted by Gasteiger charge is 2.38. The molecule has 0 spiro atoms. The summed E-state index contributed by atoms with van der Waals surface area (Å²) in [6.45, 7) is 6.78. The van der Waals surface area contributed by atoms with E-state index in [-0.39, 0.29) is 11.3 Å². The van der Waals surface area contributed by atoms with Crippen molar-refractivity contribution < 1.29 is 4.42 Å². The lowest BCUT2D eigenvalue weighted by atomic mass is 9.66. The fourth-order valence-corrected chi connectivity index (χ4v) is 9.78. The van der Waals surface area contributed by atoms with Crippen LogP contribution in [0, 0.1) is 5.41 Å². The maximum Gasteiger partial charge on any atom is 0.135 e. The van der Waals surface area contributed by atoms with Crippen molar-refractivity contribution in [1.29, 1.82) is 0 Å². The molecule has 4 aliphatic carbocycles. The molecule has 10 rings (SSSR count). The van der Waals surface area contributed by atoms with E-state index in [2.05, 4.69) is 214 Å². The van der Waals surface area contributed by atoms with Crippen LogP contribution in [0.3, 0.4) is 0 Å². The number of rotatable bonds is 9. The van der Waals surface area contributed by atoms with Crippen LogP contribution in [-0.4, -0.2) is 0 Å². The number of furan rings is 1. The van der Waals surface area contributed by atoms with Crippen molar-refractivity contribution in [2.75, 3.05) is 4.90 Å². The fourth-order valence-electron chi connectivity index (χ4n) is 9.78. The summed E-state index contributed by atoms with van der Waals surface area (Å²) >= 11 is 0. The molecule has 60 heavy (non-hydrogen) atoms. The third-order valence-corrected chi connectivity index (χ3v) is 12.9. The molecular formula is C58H51NO. The van der Waals surface area contributed by atoms with E-state index in [0.29, 0.717) is 0 Å². The van der Waals surface area contributed by atoms with Crippen molar-refractivity contribution in [3.63, 3.8) is 0 Å². The van der Waals surface area contributed by atoms with Gasteiger partial charge in [-0.2, -0.15) is 0 Å². The molecule has 2 nitrogen and oxygen atoms in total. The standard InChI is InChI=1S/C58H51NO/c1-4-5-7-17-40(2)47-22-12-14-26-53(47)59(46-32-28-43(29-33-46)49-25-16-21-41-20-10-11-23-48(41)49)54-35-31-44(38-51(54)42-18-8-6-9-19-42)45-30-34-52-57-50-24-13-15-27-55(50)60-56(57)36-37-58(52,3)39-45/h5-8,10,12-18,20-22,24-39,52H,4,9,11,19,23H2,1-3H3/b7-5-,40-17+. The summed E-state index contributed by atoms with van der Waals surface area (Å²) in [7, 11) is 0. The van der Waals surface area contributed by atoms with Gasteiger partial charge in [-0.25, -0.2) is 0 Å². The van der Waals surface area contributed by atoms with E-state index < -0.39 is 0 Å². The molecule has 1 heterocycles. The monoisotopic (exact) mass is 777 g/mol. The molecule has 0 saturated heterocycles. The molecule has 4 aliphatic rings. The van der Waals surface area contributed by atoms with Crippen LogP contribution in [0.25, 0.3) is 51.0 Å². The van der Waals surface area contributed by atoms with Crippen molar-refractivity contribution in [2.45, 2.75) is 58.8 Å². The summed E-state index contributed by atoms with van der Waals surface area (Å²) in [6, 6.07) is 40.5. The number of nitrogens with zero attached hydrogens (tertiary/aromatic N) is 1. The van der Waals surface area contributed by atoms with Gasteiger partial charge in [0.15, 0.2) is 0 Å². The van der Waals surface area contributed by atoms with Gasteiger partial charge in [0, 0.05) is 39.1 Å². The topological polar surface area (TPSA) is 16.4 Å². The number of hydrogen-bond acceptors (Lipinski definition) is 2. The molecule has 0 N–H and O–H groups in total. The number of fused-ring (bicyclic) bond motifs is 6. The number of benzene rings is 5. The molecule has 0 bridgehead atoms. The predicted octanol–water partition coefficient (Wildman–Crippen LogP) is 16.4. The van der Waals surface area contributed by atoms with Gasteiger partial charge < -0.3 is 9.32 Å². The Kier molecular flexibility index (Phi) is 9.94. The Balaban J connectivity index is 1.11. The van der Waals surface area contributed by atoms with Crippen molar-refractivity contribution in [1.82, 2.24) is 0 Å². The Morgan fingerprint density at radius 1 is 0.800 bits per heavy atom. The van der Waals surface area contributed by atoms with Crippen molar-refractivity contribution in [3.8, 4) is 11.1 Å². The van der Waals surface area contributed by atoms with Crippen LogP contribution >= 0.6 is 0 Å². The van der Waals surface area contributed by atoms with Gasteiger partial charge in [-0.1, -0.05) is 160 Å². The fraction of sp³-hybridized carbons (Fsp3) is 0.172. The normalized spacial score (nSPS) is 19.2. The largest absolute Gasteiger partial charge is 0.456 e. The Morgan fingerprint density at radius 2 is 1.63 bits per heavy atom. The molecule has 0 aliphatic heterocycles. The first-order valence-corrected chi connectivity index (χ1v) is 21.7. The first kappa shape index (κ1) is 37.6. The van der Waals surface area contributed by atoms with Gasteiger partial charge in [0.25, 0.3) is 0 Å². The second kappa shape index (κ2) is 15.8. The van der Waals surface area contributed by atoms with Crippen LogP contribution in [0.5, 0.6) is 0 Å². The Labute approximate surface area is 355 Å². The van der Waals surface area contributed by atoms with E-state index in [1.165, 1.54) is 72.3 Å². The zero-order chi connectivity index (χ0) is 40.6. The van der Waals surface area contributed by atoms with Crippen molar-refractivity contribution in [2.24, 2.45) is 5.41 Å². The summed E-state index contributed by atoms with van der Waals surface area (Å²) in [4.78, 5) is 2.50. The molecule has 6 aromatic rings. The average Bonchev–Trinajstić information content (AvgIpc) is 3.68. The number of anilines is 3. The van der Waals surface area contributed by atoms with Crippen LogP contribution in [0.4, 0.5) is 17.1 Å². The molecule has 0 radical (unpaired) electrons. The van der Waals surface area contributed by atoms with E-state index in [4.69, 9.17) is 4.42 Å². The Bertz CT molecular complexity index is 2880. The van der Waals surface area contributed by atoms with Crippen molar-refractivity contribution in [3.05, 3.63) is 215 Å². The molecule has 0 fully saturated rings. The summed E-state index contributed by atoms with van der Waals surface area (Å²) in [5.74, 6) is 1.18. The Morgan fingerprint density at radius 3 is 2.50 bits per heavy atom. The van der Waals surface area contributed by atoms with Gasteiger partial charge in [-0.3, -0.25) is 0 Å². The van der Waals surface area contributed by atoms with Gasteiger partial charge in [-0.05, 0) is 126 Å². The van der Waals surface area contributed by atoms with Crippen LogP contribution in [0.2, 0.25) is 0 Å². The first-order chi connectivity index (χ1) is 29.5. The molecule has 1 aromatic heterocycles. The lowest BCUT2D eigenvalue weighted by molar-refractivity contribution is 0.470. The first-order valence-electron chi connectivity index (χ1n) is 21.7. The molecular weight excluding hydrogens is 727 g/mol. The van der Waals surface area contributed by atoms with E-state index in [0.717, 1.165) is 54.8 Å². The Hall–Kier alpha value is -6.64. The quantitative estimate of drug-likeness (QED) is 0.136. The maximum absolute atomic E-state index is 6.32. The van der Waals surface area contributed by atoms with Crippen LogP contribution < -0.4 is 4.90 Å². The van der Waals surface area contributed by atoms with Gasteiger partial charge in [0.05, 0.1) is 11.4 Å². The number of allylic oxidation sites excluding steroid dienone is 14. The molecule has 0 saturated carbocycles. The van der Waals surface area contributed by atoms with Gasteiger partial charge >= 0.3 is 0 Å². The molecule has 2 heteroatoms. The molecule has 0 amide bonds. The SMILES string of the molecule is CC/C=C\C=C(/C)c1ccccc1N(c1ccc(-c2cccc3c2CCC=C3)cc1)c1ccc(C2=CC3(C)C=Cc4oc5ccccc5c4C3C=C2)cc1C1=CC=CCC1. The summed E-state index contributed by atoms with van der Waals surface area (Å²) in [5, 5.41) is 1.21. The lowest BCUT2D eigenvalue weighted by Crippen LogP contribution is -2.25. The average molecular weight is 778 g/mol.